The summed E-state index contributed by atoms with van der Waals surface area (Å²) in [4.78, 5) is 24.6. The SMILES string of the molecule is Cc1ccc2c(c1)N(C)C=C(C1=NCCN1)O2.O=C(O)C(=O)O. The summed E-state index contributed by atoms with van der Waals surface area (Å²) in [5.41, 5.74) is 2.32. The number of nitrogens with one attached hydrogen (secondary N) is 1. The van der Waals surface area contributed by atoms with Gasteiger partial charge in [0.1, 0.15) is 0 Å². The Morgan fingerprint density at radius 2 is 2.00 bits per heavy atom. The van der Waals surface area contributed by atoms with E-state index in [1.165, 1.54) is 5.56 Å². The van der Waals surface area contributed by atoms with E-state index in [-0.39, 0.29) is 0 Å². The summed E-state index contributed by atoms with van der Waals surface area (Å²) >= 11 is 0. The molecule has 0 unspecified atom stereocenters. The first kappa shape index (κ1) is 16.3. The molecule has 0 aromatic heterocycles. The van der Waals surface area contributed by atoms with Crippen LogP contribution in [-0.2, 0) is 9.59 Å². The lowest BCUT2D eigenvalue weighted by molar-refractivity contribution is -0.159. The zero-order valence-electron chi connectivity index (χ0n) is 12.7. The molecule has 23 heavy (non-hydrogen) atoms. The number of benzene rings is 1. The quantitative estimate of drug-likeness (QED) is 0.657. The van der Waals surface area contributed by atoms with Crippen LogP contribution in [-0.4, -0.2) is 48.1 Å². The first-order valence-electron chi connectivity index (χ1n) is 6.86. The third kappa shape index (κ3) is 4.00. The Labute approximate surface area is 132 Å². The van der Waals surface area contributed by atoms with Crippen LogP contribution >= 0.6 is 0 Å². The number of aliphatic carboxylic acids is 2. The van der Waals surface area contributed by atoms with Gasteiger partial charge >= 0.3 is 11.9 Å². The Bertz CT molecular complexity index is 684. The van der Waals surface area contributed by atoms with Crippen LogP contribution in [0.1, 0.15) is 5.56 Å². The van der Waals surface area contributed by atoms with Crippen molar-refractivity contribution in [2.45, 2.75) is 6.92 Å². The fraction of sp³-hybridized carbons (Fsp3) is 0.267. The number of aliphatic imine (C=N–C) groups is 1. The molecule has 0 spiro atoms. The minimum atomic E-state index is -1.82. The Balaban J connectivity index is 0.000000277. The van der Waals surface area contributed by atoms with Crippen LogP contribution in [0, 0.1) is 6.92 Å². The van der Waals surface area contributed by atoms with Gasteiger partial charge in [0.2, 0.25) is 0 Å². The number of hydrogen-bond donors (Lipinski definition) is 3. The number of amidine groups is 1. The van der Waals surface area contributed by atoms with E-state index < -0.39 is 11.9 Å². The maximum atomic E-state index is 9.10. The Morgan fingerprint density at radius 1 is 1.30 bits per heavy atom. The number of nitrogens with zero attached hydrogens (tertiary/aromatic N) is 2. The summed E-state index contributed by atoms with van der Waals surface area (Å²) < 4.78 is 5.87. The summed E-state index contributed by atoms with van der Waals surface area (Å²) in [6.07, 6.45) is 1.97. The highest BCUT2D eigenvalue weighted by Crippen LogP contribution is 2.34. The summed E-state index contributed by atoms with van der Waals surface area (Å²) in [6.45, 7) is 3.79. The van der Waals surface area contributed by atoms with E-state index in [2.05, 4.69) is 34.3 Å². The summed E-state index contributed by atoms with van der Waals surface area (Å²) in [7, 11) is 2.02. The van der Waals surface area contributed by atoms with Crippen molar-refractivity contribution in [1.29, 1.82) is 0 Å². The van der Waals surface area contributed by atoms with Crippen molar-refractivity contribution < 1.29 is 24.5 Å². The van der Waals surface area contributed by atoms with E-state index in [9.17, 15) is 0 Å². The zero-order valence-corrected chi connectivity index (χ0v) is 12.7. The van der Waals surface area contributed by atoms with Crippen molar-refractivity contribution in [2.24, 2.45) is 4.99 Å². The third-order valence-corrected chi connectivity index (χ3v) is 3.12. The number of fused-ring (bicyclic) bond motifs is 1. The molecular weight excluding hydrogens is 302 g/mol. The molecule has 8 heteroatoms. The number of aryl methyl sites for hydroxylation is 1. The fourth-order valence-corrected chi connectivity index (χ4v) is 2.05. The minimum absolute atomic E-state index is 0.793. The van der Waals surface area contributed by atoms with Crippen molar-refractivity contribution in [3.8, 4) is 5.75 Å². The van der Waals surface area contributed by atoms with Gasteiger partial charge < -0.3 is 25.2 Å². The number of hydrogen-bond acceptors (Lipinski definition) is 6. The van der Waals surface area contributed by atoms with Crippen LogP contribution in [0.15, 0.2) is 35.2 Å². The standard InChI is InChI=1S/C13H15N3O.C2H2O4/c1-9-3-4-11-10(7-9)16(2)8-12(17-11)13-14-5-6-15-13;3-1(4)2(5)6/h3-4,7-8H,5-6H2,1-2H3,(H,14,15);(H,3,4)(H,5,6). The molecule has 3 rings (SSSR count). The molecule has 1 aromatic rings. The molecule has 0 aliphatic carbocycles. The topological polar surface area (TPSA) is 111 Å². The number of carbonyl (C=O) groups is 2. The smallest absolute Gasteiger partial charge is 0.414 e. The molecular formula is C15H17N3O5. The van der Waals surface area contributed by atoms with E-state index in [1.54, 1.807) is 0 Å². The predicted octanol–water partition coefficient (Wildman–Crippen LogP) is 0.822. The Hall–Kier alpha value is -3.03. The van der Waals surface area contributed by atoms with Gasteiger partial charge in [-0.15, -0.1) is 0 Å². The summed E-state index contributed by atoms with van der Waals surface area (Å²) in [5, 5.41) is 18.0. The molecule has 8 nitrogen and oxygen atoms in total. The average molecular weight is 319 g/mol. The number of carboxylic acids is 2. The van der Waals surface area contributed by atoms with Gasteiger partial charge in [0.25, 0.3) is 0 Å². The molecule has 1 aromatic carbocycles. The molecule has 2 aliphatic heterocycles. The Morgan fingerprint density at radius 3 is 2.57 bits per heavy atom. The van der Waals surface area contributed by atoms with Gasteiger partial charge in [-0.25, -0.2) is 9.59 Å². The van der Waals surface area contributed by atoms with Gasteiger partial charge in [-0.2, -0.15) is 0 Å². The van der Waals surface area contributed by atoms with Crippen molar-refractivity contribution in [3.05, 3.63) is 35.7 Å². The van der Waals surface area contributed by atoms with Crippen LogP contribution in [0.25, 0.3) is 0 Å². The van der Waals surface area contributed by atoms with E-state index in [4.69, 9.17) is 24.5 Å². The lowest BCUT2D eigenvalue weighted by atomic mass is 10.2. The Kier molecular flexibility index (Phi) is 4.85. The molecule has 0 atom stereocenters. The predicted molar refractivity (Wildman–Crippen MR) is 83.9 cm³/mol. The number of rotatable bonds is 1. The van der Waals surface area contributed by atoms with Crippen LogP contribution in [0.5, 0.6) is 5.75 Å². The summed E-state index contributed by atoms with van der Waals surface area (Å²) in [6, 6.07) is 6.18. The normalized spacial score (nSPS) is 15.1. The van der Waals surface area contributed by atoms with Crippen molar-refractivity contribution in [3.63, 3.8) is 0 Å². The first-order valence-corrected chi connectivity index (χ1v) is 6.86. The van der Waals surface area contributed by atoms with Gasteiger partial charge in [-0.05, 0) is 24.6 Å². The van der Waals surface area contributed by atoms with E-state index in [1.807, 2.05) is 19.3 Å². The van der Waals surface area contributed by atoms with Crippen molar-refractivity contribution in [2.75, 3.05) is 25.0 Å². The van der Waals surface area contributed by atoms with Crippen molar-refractivity contribution >= 4 is 23.5 Å². The lowest BCUT2D eigenvalue weighted by Crippen LogP contribution is -2.28. The lowest BCUT2D eigenvalue weighted by Gasteiger charge is -2.26. The monoisotopic (exact) mass is 319 g/mol. The minimum Gasteiger partial charge on any atom is -0.473 e. The third-order valence-electron chi connectivity index (χ3n) is 3.12. The molecule has 0 bridgehead atoms. The second kappa shape index (κ2) is 6.82. The first-order chi connectivity index (χ1) is 10.9. The second-order valence-electron chi connectivity index (χ2n) is 4.94. The number of ether oxygens (including phenoxy) is 1. The molecule has 0 radical (unpaired) electrons. The van der Waals surface area contributed by atoms with Crippen LogP contribution in [0.2, 0.25) is 0 Å². The molecule has 0 saturated carbocycles. The zero-order chi connectivity index (χ0) is 17.0. The van der Waals surface area contributed by atoms with E-state index in [0.29, 0.717) is 0 Å². The second-order valence-corrected chi connectivity index (χ2v) is 4.94. The van der Waals surface area contributed by atoms with Crippen LogP contribution < -0.4 is 15.0 Å². The molecule has 3 N–H and O–H groups in total. The molecule has 0 saturated heterocycles. The fourth-order valence-electron chi connectivity index (χ4n) is 2.05. The maximum absolute atomic E-state index is 9.10. The highest BCUT2D eigenvalue weighted by molar-refractivity contribution is 6.27. The van der Waals surface area contributed by atoms with Gasteiger partial charge in [-0.3, -0.25) is 4.99 Å². The largest absolute Gasteiger partial charge is 0.473 e. The number of anilines is 1. The average Bonchev–Trinajstić information content (AvgIpc) is 3.02. The highest BCUT2D eigenvalue weighted by atomic mass is 16.5. The number of carboxylic acid groups (broad SMARTS) is 2. The van der Waals surface area contributed by atoms with Gasteiger partial charge in [-0.1, -0.05) is 6.07 Å². The molecule has 0 fully saturated rings. The van der Waals surface area contributed by atoms with Gasteiger partial charge in [0.15, 0.2) is 17.3 Å². The molecule has 122 valence electrons. The van der Waals surface area contributed by atoms with Crippen LogP contribution in [0.3, 0.4) is 0 Å². The van der Waals surface area contributed by atoms with E-state index >= 15 is 0 Å². The van der Waals surface area contributed by atoms with Crippen LogP contribution in [0.4, 0.5) is 5.69 Å². The maximum Gasteiger partial charge on any atom is 0.414 e. The van der Waals surface area contributed by atoms with Crippen molar-refractivity contribution in [1.82, 2.24) is 5.32 Å². The highest BCUT2D eigenvalue weighted by Gasteiger charge is 2.21. The summed E-state index contributed by atoms with van der Waals surface area (Å²) in [5.74, 6) is -1.12. The molecule has 2 aliphatic rings. The molecule has 0 amide bonds. The van der Waals surface area contributed by atoms with Gasteiger partial charge in [0, 0.05) is 13.6 Å². The van der Waals surface area contributed by atoms with Gasteiger partial charge in [0.05, 0.1) is 18.4 Å². The molecule has 2 heterocycles. The van der Waals surface area contributed by atoms with E-state index in [0.717, 1.165) is 36.1 Å².